The second kappa shape index (κ2) is 25.7. The van der Waals surface area contributed by atoms with Gasteiger partial charge in [-0.3, -0.25) is 9.35 Å². The third-order valence-corrected chi connectivity index (χ3v) is 20.3. The Bertz CT molecular complexity index is 2530. The van der Waals surface area contributed by atoms with E-state index in [1.807, 2.05) is 20.8 Å². The van der Waals surface area contributed by atoms with Crippen molar-refractivity contribution in [2.24, 2.45) is 28.6 Å². The van der Waals surface area contributed by atoms with Gasteiger partial charge >= 0.3 is 10.4 Å². The molecule has 0 aromatic rings. The van der Waals surface area contributed by atoms with Crippen LogP contribution in [0.15, 0.2) is 34.4 Å². The van der Waals surface area contributed by atoms with Gasteiger partial charge in [0.2, 0.25) is 0 Å². The highest BCUT2D eigenvalue weighted by molar-refractivity contribution is 7.80. The number of carbonyl (C=O) groups excluding carboxylic acids is 1. The van der Waals surface area contributed by atoms with E-state index in [0.717, 1.165) is 30.4 Å². The number of fused-ring (bicyclic) bond motifs is 5. The SMILES string of the molecule is CC(C)=CC(=O)C/C(C)=C1\CCC2C3C[C@H](O[C@@H]4O[C@H](C)[C@@H](O)[C@H](O[C@@H]5O[C@H](C)[C@@H](O[C@@H]6O[C@H](C)[C@H](O)[C@H](O)[C@H]6O[C@@H]6O[C@H](C)[C@H](O)[C@H](O)[C@H]6O)[C@H](O)[C@H]5O[C@@H]5O[C@H](C)[C@@H](O)[C@H](O)[C@H]5O)[C@H]4O)C4C[C@@H](OS(=O)(=O)O)CC[C@]4(C)C3=CC[C@]12C. The molecule has 9 aliphatic rings. The summed E-state index contributed by atoms with van der Waals surface area (Å²) in [6, 6.07) is 0. The van der Waals surface area contributed by atoms with Crippen LogP contribution in [0, 0.1) is 28.6 Å². The second-order valence-electron chi connectivity index (χ2n) is 25.9. The number of rotatable bonds is 15. The van der Waals surface area contributed by atoms with Crippen molar-refractivity contribution in [2.45, 2.75) is 286 Å². The molecule has 5 aliphatic heterocycles. The molecule has 480 valence electrons. The highest BCUT2D eigenvalue weighted by atomic mass is 32.3. The number of aliphatic hydroxyl groups is 11. The summed E-state index contributed by atoms with van der Waals surface area (Å²) in [4.78, 5) is 13.1. The standard InChI is InChI=1S/C57H90O26S/c1-21(2)17-28(58)18-22(3)31-11-12-32-30-20-35(34-19-29(83-84(70,71)72)13-15-57(34,10)33(30)14-16-56(31,32)9)78-53-46(69)48(39(62)26(7)75-53)80-55-50(82-52-44(67)41(64)37(60)24(5)74-52)45(68)47(27(8)77-55)79-54-49(42(65)38(61)25(6)76-54)81-51-43(66)40(63)36(59)23(4)73-51/h14,17,23-27,29-30,32,34-55,59-69H,11-13,15-16,18-20H2,1-10H3,(H,70,71,72)/b31-22+/t23-,24-,25-,26-,27-,29+,30?,32?,34?,35+,36+,37-,38+,39-,40+,41+,42+,43-,44-,45+,46-,47-,48+,49-,50-,51+,52+,53+,54+,55+,56-,57-/m1/s1. The number of ether oxygens (including phenoxy) is 10. The van der Waals surface area contributed by atoms with Gasteiger partial charge in [-0.25, -0.2) is 4.18 Å². The minimum absolute atomic E-state index is 0.0315. The molecular weight excluding hydrogens is 1130 g/mol. The van der Waals surface area contributed by atoms with E-state index in [2.05, 4.69) is 19.9 Å². The van der Waals surface area contributed by atoms with Crippen molar-refractivity contribution >= 4 is 16.2 Å². The van der Waals surface area contributed by atoms with Crippen LogP contribution in [0.2, 0.25) is 0 Å². The Balaban J connectivity index is 0.996. The van der Waals surface area contributed by atoms with Gasteiger partial charge in [0.15, 0.2) is 37.2 Å². The van der Waals surface area contributed by atoms with Crippen LogP contribution in [0.4, 0.5) is 0 Å². The number of hydrogen-bond donors (Lipinski definition) is 12. The van der Waals surface area contributed by atoms with E-state index in [9.17, 15) is 73.9 Å². The van der Waals surface area contributed by atoms with Crippen LogP contribution in [0.3, 0.4) is 0 Å². The van der Waals surface area contributed by atoms with Gasteiger partial charge in [-0.2, -0.15) is 8.42 Å². The summed E-state index contributed by atoms with van der Waals surface area (Å²) in [5.74, 6) is -0.378. The molecule has 32 atom stereocenters. The number of aliphatic hydroxyl groups excluding tert-OH is 11. The first-order chi connectivity index (χ1) is 39.2. The quantitative estimate of drug-likeness (QED) is 0.0564. The van der Waals surface area contributed by atoms with E-state index in [0.29, 0.717) is 25.7 Å². The van der Waals surface area contributed by atoms with Crippen LogP contribution in [-0.2, 0) is 66.7 Å². The summed E-state index contributed by atoms with van der Waals surface area (Å²) >= 11 is 0. The highest BCUT2D eigenvalue weighted by Crippen LogP contribution is 2.66. The van der Waals surface area contributed by atoms with Crippen molar-refractivity contribution in [1.82, 2.24) is 0 Å². The van der Waals surface area contributed by atoms with Gasteiger partial charge in [0, 0.05) is 6.42 Å². The molecular formula is C57H90O26S. The number of carbonyl (C=O) groups is 1. The van der Waals surface area contributed by atoms with Gasteiger partial charge in [-0.15, -0.1) is 0 Å². The minimum atomic E-state index is -4.86. The predicted molar refractivity (Wildman–Crippen MR) is 287 cm³/mol. The molecule has 0 amide bonds. The zero-order valence-corrected chi connectivity index (χ0v) is 49.9. The topological polar surface area (TPSA) is 396 Å². The van der Waals surface area contributed by atoms with Crippen LogP contribution in [0.1, 0.15) is 121 Å². The summed E-state index contributed by atoms with van der Waals surface area (Å²) in [6.45, 7) is 17.3. The van der Waals surface area contributed by atoms with Crippen molar-refractivity contribution in [1.29, 1.82) is 0 Å². The van der Waals surface area contributed by atoms with E-state index in [-0.39, 0.29) is 29.5 Å². The summed E-state index contributed by atoms with van der Waals surface area (Å²) in [5.41, 5.74) is 3.52. The molecule has 5 heterocycles. The maximum absolute atomic E-state index is 13.1. The third kappa shape index (κ3) is 13.0. The van der Waals surface area contributed by atoms with Crippen molar-refractivity contribution in [2.75, 3.05) is 0 Å². The number of ketones is 1. The smallest absolute Gasteiger partial charge is 0.388 e. The van der Waals surface area contributed by atoms with E-state index >= 15 is 0 Å². The fourth-order valence-electron chi connectivity index (χ4n) is 15.2. The lowest BCUT2D eigenvalue weighted by molar-refractivity contribution is -0.406. The Morgan fingerprint density at radius 1 is 0.560 bits per heavy atom. The van der Waals surface area contributed by atoms with Gasteiger partial charge in [0.1, 0.15) is 91.6 Å². The summed E-state index contributed by atoms with van der Waals surface area (Å²) in [7, 11) is -4.86. The maximum atomic E-state index is 13.1. The number of allylic oxidation sites excluding steroid dienone is 6. The molecule has 0 spiro atoms. The van der Waals surface area contributed by atoms with Gasteiger partial charge in [-0.1, -0.05) is 42.2 Å². The van der Waals surface area contributed by atoms with E-state index < -0.39 is 187 Å². The molecule has 0 bridgehead atoms. The summed E-state index contributed by atoms with van der Waals surface area (Å²) < 4.78 is 101. The lowest BCUT2D eigenvalue weighted by Gasteiger charge is -2.59. The Hall–Kier alpha value is -2.08. The number of hydrogen-bond acceptors (Lipinski definition) is 25. The molecule has 84 heavy (non-hydrogen) atoms. The molecule has 0 aromatic carbocycles. The average molecular weight is 1220 g/mol. The summed E-state index contributed by atoms with van der Waals surface area (Å²) in [6.07, 6.45) is -34.3. The van der Waals surface area contributed by atoms with Crippen LogP contribution >= 0.6 is 0 Å². The zero-order valence-electron chi connectivity index (χ0n) is 49.1. The first kappa shape index (κ1) is 66.3. The van der Waals surface area contributed by atoms with Crippen LogP contribution in [0.25, 0.3) is 0 Å². The van der Waals surface area contributed by atoms with Crippen LogP contribution in [-0.4, -0.2) is 241 Å². The largest absolute Gasteiger partial charge is 0.397 e. The minimum Gasteiger partial charge on any atom is -0.388 e. The molecule has 3 unspecified atom stereocenters. The van der Waals surface area contributed by atoms with Crippen molar-refractivity contribution in [3.8, 4) is 0 Å². The Labute approximate surface area is 489 Å². The second-order valence-corrected chi connectivity index (χ2v) is 26.9. The zero-order chi connectivity index (χ0) is 61.6. The third-order valence-electron chi connectivity index (χ3n) is 19.8. The molecule has 8 fully saturated rings. The lowest BCUT2D eigenvalue weighted by Crippen LogP contribution is -2.68. The Morgan fingerprint density at radius 2 is 1.05 bits per heavy atom. The molecule has 5 saturated heterocycles. The average Bonchev–Trinajstić information content (AvgIpc) is 1.33. The summed E-state index contributed by atoms with van der Waals surface area (Å²) in [5, 5.41) is 123. The predicted octanol–water partition coefficient (Wildman–Crippen LogP) is -0.391. The maximum Gasteiger partial charge on any atom is 0.397 e. The lowest BCUT2D eigenvalue weighted by atomic mass is 9.48. The van der Waals surface area contributed by atoms with Gasteiger partial charge in [0.25, 0.3) is 0 Å². The highest BCUT2D eigenvalue weighted by Gasteiger charge is 2.62. The van der Waals surface area contributed by atoms with Crippen molar-refractivity contribution < 1.29 is 125 Å². The van der Waals surface area contributed by atoms with E-state index in [1.165, 1.54) is 45.8 Å². The monoisotopic (exact) mass is 1220 g/mol. The molecule has 0 aromatic heterocycles. The first-order valence-corrected chi connectivity index (χ1v) is 30.9. The fourth-order valence-corrected chi connectivity index (χ4v) is 15.7. The van der Waals surface area contributed by atoms with E-state index in [4.69, 9.17) is 51.6 Å². The molecule has 9 rings (SSSR count). The molecule has 27 heteroatoms. The molecule has 0 radical (unpaired) electrons. The Kier molecular flexibility index (Phi) is 20.3. The Morgan fingerprint density at radius 3 is 1.61 bits per heavy atom. The van der Waals surface area contributed by atoms with Crippen LogP contribution < -0.4 is 0 Å². The first-order valence-electron chi connectivity index (χ1n) is 29.5. The molecule has 4 aliphatic carbocycles. The van der Waals surface area contributed by atoms with E-state index in [1.54, 1.807) is 6.08 Å². The fraction of sp³-hybridized carbons (Fsp3) is 0.877. The van der Waals surface area contributed by atoms with Gasteiger partial charge < -0.3 is 104 Å². The molecule has 3 saturated carbocycles. The van der Waals surface area contributed by atoms with Gasteiger partial charge in [-0.05, 0) is 135 Å². The molecule has 12 N–H and O–H groups in total. The van der Waals surface area contributed by atoms with Crippen molar-refractivity contribution in [3.05, 3.63) is 34.4 Å². The molecule has 26 nitrogen and oxygen atoms in total. The normalized spacial score (nSPS) is 51.4. The van der Waals surface area contributed by atoms with Crippen LogP contribution in [0.5, 0.6) is 0 Å². The van der Waals surface area contributed by atoms with Crippen molar-refractivity contribution in [3.63, 3.8) is 0 Å². The van der Waals surface area contributed by atoms with Gasteiger partial charge in [0.05, 0.1) is 42.7 Å².